The second-order valence-electron chi connectivity index (χ2n) is 11.7. The third kappa shape index (κ3) is 6.50. The molecule has 0 aliphatic heterocycles. The van der Waals surface area contributed by atoms with Gasteiger partial charge in [0.25, 0.3) is 0 Å². The lowest BCUT2D eigenvalue weighted by molar-refractivity contribution is -0.141. The molecule has 216 valence electrons. The van der Waals surface area contributed by atoms with E-state index in [0.29, 0.717) is 29.2 Å². The molecule has 2 aliphatic rings. The van der Waals surface area contributed by atoms with Crippen molar-refractivity contribution in [2.45, 2.75) is 64.7 Å². The van der Waals surface area contributed by atoms with Crippen LogP contribution in [-0.4, -0.2) is 13.1 Å². The third-order valence-corrected chi connectivity index (χ3v) is 8.30. The van der Waals surface area contributed by atoms with Crippen LogP contribution in [-0.2, 0) is 22.3 Å². The predicted octanol–water partition coefficient (Wildman–Crippen LogP) is 9.35. The number of rotatable bonds is 9. The zero-order valence-electron chi connectivity index (χ0n) is 23.5. The van der Waals surface area contributed by atoms with Gasteiger partial charge in [-0.15, -0.1) is 0 Å². The standard InChI is InChI=1S/C34H34F4O3/c1-33(2)15-5-8-30(33)28-16-21(9-13-26(28)29-18-24(34(36,37)38)12-14-31(29)35)20-41-25-7-4-6-23(17-25)27(22-10-11-22)19-32(39)40-3/h4,6-9,12-14,16-18,22,27H,5,10-11,15,19-20H2,1-3H3/t27-/m0/s1. The number of esters is 1. The fraction of sp³-hybridized carbons (Fsp3) is 0.382. The van der Waals surface area contributed by atoms with Crippen LogP contribution in [0.5, 0.6) is 5.75 Å². The first-order valence-electron chi connectivity index (χ1n) is 14.0. The van der Waals surface area contributed by atoms with Crippen LogP contribution in [0.15, 0.2) is 66.7 Å². The van der Waals surface area contributed by atoms with Gasteiger partial charge in [-0.2, -0.15) is 13.2 Å². The Morgan fingerprint density at radius 3 is 2.44 bits per heavy atom. The Hall–Kier alpha value is -3.61. The highest BCUT2D eigenvalue weighted by atomic mass is 19.4. The van der Waals surface area contributed by atoms with Crippen molar-refractivity contribution in [2.24, 2.45) is 11.3 Å². The van der Waals surface area contributed by atoms with Gasteiger partial charge in [-0.05, 0) is 107 Å². The summed E-state index contributed by atoms with van der Waals surface area (Å²) in [6, 6.07) is 15.7. The molecule has 0 heterocycles. The summed E-state index contributed by atoms with van der Waals surface area (Å²) < 4.78 is 66.6. The summed E-state index contributed by atoms with van der Waals surface area (Å²) in [7, 11) is 1.40. The van der Waals surface area contributed by atoms with Gasteiger partial charge >= 0.3 is 12.1 Å². The summed E-state index contributed by atoms with van der Waals surface area (Å²) in [6.07, 6.45) is 1.75. The Morgan fingerprint density at radius 2 is 1.78 bits per heavy atom. The molecule has 7 heteroatoms. The van der Waals surface area contributed by atoms with Crippen LogP contribution in [0.3, 0.4) is 0 Å². The SMILES string of the molecule is COC(=O)C[C@H](c1cccc(OCc2ccc(-c3cc(C(F)(F)F)ccc3F)c(C3=CCCC3(C)C)c2)c1)C1CC1. The first kappa shape index (κ1) is 28.9. The van der Waals surface area contributed by atoms with Crippen LogP contribution in [0.25, 0.3) is 16.7 Å². The van der Waals surface area contributed by atoms with Crippen molar-refractivity contribution in [2.75, 3.05) is 7.11 Å². The zero-order chi connectivity index (χ0) is 29.4. The van der Waals surface area contributed by atoms with Gasteiger partial charge in [0.2, 0.25) is 0 Å². The fourth-order valence-corrected chi connectivity index (χ4v) is 5.83. The van der Waals surface area contributed by atoms with E-state index in [-0.39, 0.29) is 29.5 Å². The number of halogens is 4. The molecule has 0 spiro atoms. The molecule has 1 saturated carbocycles. The second kappa shape index (κ2) is 11.3. The highest BCUT2D eigenvalue weighted by Gasteiger charge is 2.35. The van der Waals surface area contributed by atoms with Gasteiger partial charge in [0, 0.05) is 5.56 Å². The Morgan fingerprint density at radius 1 is 1.00 bits per heavy atom. The van der Waals surface area contributed by atoms with Gasteiger partial charge in [-0.25, -0.2) is 4.39 Å². The Labute approximate surface area is 238 Å². The Kier molecular flexibility index (Phi) is 8.00. The lowest BCUT2D eigenvalue weighted by atomic mass is 9.79. The van der Waals surface area contributed by atoms with Crippen LogP contribution in [0.2, 0.25) is 0 Å². The lowest BCUT2D eigenvalue weighted by Gasteiger charge is -2.26. The molecule has 5 rings (SSSR count). The van der Waals surface area contributed by atoms with Crippen LogP contribution >= 0.6 is 0 Å². The number of methoxy groups -OCH3 is 1. The number of ether oxygens (including phenoxy) is 2. The molecular weight excluding hydrogens is 532 g/mol. The minimum absolute atomic E-state index is 0.0738. The van der Waals surface area contributed by atoms with E-state index in [9.17, 15) is 22.4 Å². The summed E-state index contributed by atoms with van der Waals surface area (Å²) in [5.74, 6) is 0.262. The molecule has 3 nitrogen and oxygen atoms in total. The minimum Gasteiger partial charge on any atom is -0.489 e. The third-order valence-electron chi connectivity index (χ3n) is 8.30. The van der Waals surface area contributed by atoms with Gasteiger partial charge in [0.05, 0.1) is 19.1 Å². The van der Waals surface area contributed by atoms with E-state index in [1.807, 2.05) is 30.3 Å². The maximum atomic E-state index is 15.0. The Bertz CT molecular complexity index is 1470. The quantitative estimate of drug-likeness (QED) is 0.191. The maximum absolute atomic E-state index is 15.0. The van der Waals surface area contributed by atoms with Crippen molar-refractivity contribution < 1.29 is 31.8 Å². The van der Waals surface area contributed by atoms with Gasteiger partial charge in [0.15, 0.2) is 0 Å². The lowest BCUT2D eigenvalue weighted by Crippen LogP contribution is -2.11. The zero-order valence-corrected chi connectivity index (χ0v) is 23.5. The van der Waals surface area contributed by atoms with Crippen molar-refractivity contribution in [3.8, 4) is 16.9 Å². The average Bonchev–Trinajstić information content (AvgIpc) is 3.71. The molecule has 0 aromatic heterocycles. The molecular formula is C34H34F4O3. The summed E-state index contributed by atoms with van der Waals surface area (Å²) in [5, 5.41) is 0. The maximum Gasteiger partial charge on any atom is 0.416 e. The molecule has 1 fully saturated rings. The number of hydrogen-bond acceptors (Lipinski definition) is 3. The number of carbonyl (C=O) groups excluding carboxylic acids is 1. The molecule has 0 N–H and O–H groups in total. The molecule has 0 unspecified atom stereocenters. The normalized spacial score (nSPS) is 17.2. The van der Waals surface area contributed by atoms with E-state index in [1.54, 1.807) is 12.1 Å². The molecule has 41 heavy (non-hydrogen) atoms. The number of alkyl halides is 3. The molecule has 0 amide bonds. The molecule has 2 aliphatic carbocycles. The molecule has 1 atom stereocenters. The fourth-order valence-electron chi connectivity index (χ4n) is 5.83. The van der Waals surface area contributed by atoms with Gasteiger partial charge in [-0.1, -0.05) is 44.2 Å². The smallest absolute Gasteiger partial charge is 0.416 e. The van der Waals surface area contributed by atoms with Crippen molar-refractivity contribution >= 4 is 11.5 Å². The highest BCUT2D eigenvalue weighted by Crippen LogP contribution is 2.48. The molecule has 0 saturated heterocycles. The monoisotopic (exact) mass is 566 g/mol. The molecule has 3 aromatic rings. The van der Waals surface area contributed by atoms with E-state index in [1.165, 1.54) is 7.11 Å². The molecule has 0 radical (unpaired) electrons. The van der Waals surface area contributed by atoms with Crippen molar-refractivity contribution in [3.05, 3.63) is 94.8 Å². The van der Waals surface area contributed by atoms with Gasteiger partial charge in [-0.3, -0.25) is 4.79 Å². The van der Waals surface area contributed by atoms with Crippen LogP contribution in [0.4, 0.5) is 17.6 Å². The predicted molar refractivity (Wildman–Crippen MR) is 151 cm³/mol. The highest BCUT2D eigenvalue weighted by molar-refractivity contribution is 5.85. The van der Waals surface area contributed by atoms with Crippen LogP contribution < -0.4 is 4.74 Å². The first-order chi connectivity index (χ1) is 19.5. The number of allylic oxidation sites excluding steroid dienone is 2. The van der Waals surface area contributed by atoms with E-state index in [4.69, 9.17) is 9.47 Å². The van der Waals surface area contributed by atoms with Crippen molar-refractivity contribution in [1.82, 2.24) is 0 Å². The van der Waals surface area contributed by atoms with E-state index >= 15 is 0 Å². The largest absolute Gasteiger partial charge is 0.489 e. The topological polar surface area (TPSA) is 35.5 Å². The van der Waals surface area contributed by atoms with E-state index in [0.717, 1.165) is 60.6 Å². The van der Waals surface area contributed by atoms with Gasteiger partial charge in [0.1, 0.15) is 18.2 Å². The Balaban J connectivity index is 1.45. The van der Waals surface area contributed by atoms with Crippen molar-refractivity contribution in [3.63, 3.8) is 0 Å². The molecule has 3 aromatic carbocycles. The summed E-state index contributed by atoms with van der Waals surface area (Å²) in [6.45, 7) is 4.41. The molecule has 0 bridgehead atoms. The minimum atomic E-state index is -4.58. The first-order valence-corrected chi connectivity index (χ1v) is 14.0. The average molecular weight is 567 g/mol. The van der Waals surface area contributed by atoms with Crippen molar-refractivity contribution in [1.29, 1.82) is 0 Å². The van der Waals surface area contributed by atoms with E-state index < -0.39 is 17.6 Å². The summed E-state index contributed by atoms with van der Waals surface area (Å²) in [5.41, 5.74) is 2.81. The number of carbonyl (C=O) groups is 1. The number of benzene rings is 3. The second-order valence-corrected chi connectivity index (χ2v) is 11.7. The van der Waals surface area contributed by atoms with E-state index in [2.05, 4.69) is 19.9 Å². The van der Waals surface area contributed by atoms with Crippen LogP contribution in [0, 0.1) is 17.2 Å². The van der Waals surface area contributed by atoms with Gasteiger partial charge < -0.3 is 9.47 Å². The summed E-state index contributed by atoms with van der Waals surface area (Å²) in [4.78, 5) is 12.0. The van der Waals surface area contributed by atoms with Crippen LogP contribution in [0.1, 0.15) is 74.1 Å². The summed E-state index contributed by atoms with van der Waals surface area (Å²) >= 11 is 0. The number of hydrogen-bond donors (Lipinski definition) is 0.